The average Bonchev–Trinajstić information content (AvgIpc) is 2.45. The second-order valence-corrected chi connectivity index (χ2v) is 4.02. The highest BCUT2D eigenvalue weighted by molar-refractivity contribution is 5.91. The van der Waals surface area contributed by atoms with E-state index in [4.69, 9.17) is 20.3 Å². The predicted molar refractivity (Wildman–Crippen MR) is 72.9 cm³/mol. The van der Waals surface area contributed by atoms with E-state index < -0.39 is 5.97 Å². The van der Waals surface area contributed by atoms with Crippen LogP contribution in [0.4, 0.5) is 5.69 Å². The van der Waals surface area contributed by atoms with Crippen LogP contribution in [0.2, 0.25) is 0 Å². The SMILES string of the molecule is COc1cccc(COc2cc(N)ccc2C(=O)O)n1. The molecule has 0 bridgehead atoms. The fourth-order valence-corrected chi connectivity index (χ4v) is 1.64. The lowest BCUT2D eigenvalue weighted by Gasteiger charge is -2.10. The maximum Gasteiger partial charge on any atom is 0.339 e. The van der Waals surface area contributed by atoms with Gasteiger partial charge in [-0.3, -0.25) is 0 Å². The smallest absolute Gasteiger partial charge is 0.339 e. The van der Waals surface area contributed by atoms with Gasteiger partial charge in [0.2, 0.25) is 5.88 Å². The first-order valence-electron chi connectivity index (χ1n) is 5.85. The van der Waals surface area contributed by atoms with Crippen molar-refractivity contribution in [2.45, 2.75) is 6.61 Å². The fourth-order valence-electron chi connectivity index (χ4n) is 1.64. The molecule has 6 heteroatoms. The molecule has 6 nitrogen and oxygen atoms in total. The Labute approximate surface area is 115 Å². The number of anilines is 1. The number of benzene rings is 1. The molecule has 0 aliphatic carbocycles. The number of carboxylic acid groups (broad SMARTS) is 1. The largest absolute Gasteiger partial charge is 0.486 e. The number of carboxylic acids is 1. The molecule has 2 rings (SSSR count). The molecule has 0 amide bonds. The minimum Gasteiger partial charge on any atom is -0.486 e. The first kappa shape index (κ1) is 13.7. The number of nitrogen functional groups attached to an aromatic ring is 1. The molecule has 3 N–H and O–H groups in total. The van der Waals surface area contributed by atoms with Crippen molar-refractivity contribution in [1.82, 2.24) is 4.98 Å². The first-order chi connectivity index (χ1) is 9.60. The van der Waals surface area contributed by atoms with Crippen LogP contribution in [0.1, 0.15) is 16.1 Å². The van der Waals surface area contributed by atoms with Gasteiger partial charge >= 0.3 is 5.97 Å². The number of hydrogen-bond donors (Lipinski definition) is 2. The molecule has 1 heterocycles. The number of rotatable bonds is 5. The monoisotopic (exact) mass is 274 g/mol. The molecule has 0 fully saturated rings. The van der Waals surface area contributed by atoms with Gasteiger partial charge in [-0.15, -0.1) is 0 Å². The number of methoxy groups -OCH3 is 1. The number of aromatic carboxylic acids is 1. The molecule has 0 aliphatic heterocycles. The number of pyridine rings is 1. The minimum atomic E-state index is -1.07. The summed E-state index contributed by atoms with van der Waals surface area (Å²) in [7, 11) is 1.52. The third-order valence-corrected chi connectivity index (χ3v) is 2.60. The molecule has 0 radical (unpaired) electrons. The van der Waals surface area contributed by atoms with Crippen LogP contribution in [0.5, 0.6) is 11.6 Å². The lowest BCUT2D eigenvalue weighted by molar-refractivity contribution is 0.0691. The van der Waals surface area contributed by atoms with E-state index in [0.717, 1.165) is 0 Å². The van der Waals surface area contributed by atoms with Gasteiger partial charge < -0.3 is 20.3 Å². The first-order valence-corrected chi connectivity index (χ1v) is 5.85. The molecule has 2 aromatic rings. The molecular formula is C14H14N2O4. The summed E-state index contributed by atoms with van der Waals surface area (Å²) in [5, 5.41) is 9.08. The molecule has 0 spiro atoms. The number of nitrogens with two attached hydrogens (primary N) is 1. The molecule has 1 aromatic carbocycles. The van der Waals surface area contributed by atoms with Crippen LogP contribution in [0, 0.1) is 0 Å². The molecular weight excluding hydrogens is 260 g/mol. The standard InChI is InChI=1S/C14H14N2O4/c1-19-13-4-2-3-10(16-13)8-20-12-7-9(15)5-6-11(12)14(17)18/h2-7H,8,15H2,1H3,(H,17,18). The Bertz CT molecular complexity index is 628. The molecule has 0 saturated heterocycles. The number of ether oxygens (including phenoxy) is 2. The maximum absolute atomic E-state index is 11.1. The third-order valence-electron chi connectivity index (χ3n) is 2.60. The van der Waals surface area contributed by atoms with Gasteiger partial charge in [-0.25, -0.2) is 9.78 Å². The summed E-state index contributed by atoms with van der Waals surface area (Å²) in [6.45, 7) is 0.126. The molecule has 1 aromatic heterocycles. The van der Waals surface area contributed by atoms with Crippen molar-refractivity contribution in [1.29, 1.82) is 0 Å². The van der Waals surface area contributed by atoms with E-state index >= 15 is 0 Å². The Kier molecular flexibility index (Phi) is 4.05. The second kappa shape index (κ2) is 5.92. The lowest BCUT2D eigenvalue weighted by Crippen LogP contribution is -2.05. The van der Waals surface area contributed by atoms with Crippen molar-refractivity contribution in [3.8, 4) is 11.6 Å². The van der Waals surface area contributed by atoms with Gasteiger partial charge in [0.1, 0.15) is 17.9 Å². The van der Waals surface area contributed by atoms with Crippen LogP contribution < -0.4 is 15.2 Å². The Morgan fingerprint density at radius 3 is 2.85 bits per heavy atom. The van der Waals surface area contributed by atoms with E-state index in [1.165, 1.54) is 25.3 Å². The van der Waals surface area contributed by atoms with Gasteiger partial charge in [0.15, 0.2) is 0 Å². The number of nitrogens with zero attached hydrogens (tertiary/aromatic N) is 1. The van der Waals surface area contributed by atoms with Crippen molar-refractivity contribution >= 4 is 11.7 Å². The van der Waals surface area contributed by atoms with Crippen LogP contribution in [-0.2, 0) is 6.61 Å². The Morgan fingerprint density at radius 2 is 2.15 bits per heavy atom. The van der Waals surface area contributed by atoms with Crippen LogP contribution in [-0.4, -0.2) is 23.2 Å². The average molecular weight is 274 g/mol. The summed E-state index contributed by atoms with van der Waals surface area (Å²) in [5.74, 6) is -0.391. The predicted octanol–water partition coefficient (Wildman–Crippen LogP) is 1.95. The molecule has 104 valence electrons. The summed E-state index contributed by atoms with van der Waals surface area (Å²) in [6.07, 6.45) is 0. The lowest BCUT2D eigenvalue weighted by atomic mass is 10.2. The van der Waals surface area contributed by atoms with Crippen molar-refractivity contribution in [3.63, 3.8) is 0 Å². The summed E-state index contributed by atoms with van der Waals surface area (Å²) in [6, 6.07) is 9.65. The zero-order valence-electron chi connectivity index (χ0n) is 10.9. The summed E-state index contributed by atoms with van der Waals surface area (Å²) in [4.78, 5) is 15.3. The maximum atomic E-state index is 11.1. The Morgan fingerprint density at radius 1 is 1.35 bits per heavy atom. The number of carbonyl (C=O) groups is 1. The highest BCUT2D eigenvalue weighted by Crippen LogP contribution is 2.23. The van der Waals surface area contributed by atoms with E-state index in [0.29, 0.717) is 17.3 Å². The molecule has 20 heavy (non-hydrogen) atoms. The van der Waals surface area contributed by atoms with E-state index in [9.17, 15) is 4.79 Å². The highest BCUT2D eigenvalue weighted by Gasteiger charge is 2.12. The van der Waals surface area contributed by atoms with Crippen molar-refractivity contribution in [2.75, 3.05) is 12.8 Å². The van der Waals surface area contributed by atoms with Crippen LogP contribution in [0.3, 0.4) is 0 Å². The Hall–Kier alpha value is -2.76. The number of hydrogen-bond acceptors (Lipinski definition) is 5. The van der Waals surface area contributed by atoms with Gasteiger partial charge in [-0.05, 0) is 18.2 Å². The topological polar surface area (TPSA) is 94.7 Å². The normalized spacial score (nSPS) is 10.1. The van der Waals surface area contributed by atoms with Crippen LogP contribution >= 0.6 is 0 Å². The summed E-state index contributed by atoms with van der Waals surface area (Å²) < 4.78 is 10.5. The summed E-state index contributed by atoms with van der Waals surface area (Å²) in [5.41, 5.74) is 6.75. The fraction of sp³-hybridized carbons (Fsp3) is 0.143. The van der Waals surface area contributed by atoms with Crippen molar-refractivity contribution in [3.05, 3.63) is 47.7 Å². The molecule has 0 saturated carbocycles. The zero-order valence-corrected chi connectivity index (χ0v) is 10.9. The molecule has 0 aliphatic rings. The number of aromatic nitrogens is 1. The quantitative estimate of drug-likeness (QED) is 0.809. The second-order valence-electron chi connectivity index (χ2n) is 4.02. The van der Waals surface area contributed by atoms with E-state index in [1.807, 2.05) is 0 Å². The van der Waals surface area contributed by atoms with Crippen LogP contribution in [0.25, 0.3) is 0 Å². The summed E-state index contributed by atoms with van der Waals surface area (Å²) >= 11 is 0. The third kappa shape index (κ3) is 3.17. The molecule has 0 unspecified atom stereocenters. The zero-order chi connectivity index (χ0) is 14.5. The van der Waals surface area contributed by atoms with Gasteiger partial charge in [-0.1, -0.05) is 6.07 Å². The van der Waals surface area contributed by atoms with Gasteiger partial charge in [0.25, 0.3) is 0 Å². The van der Waals surface area contributed by atoms with Crippen molar-refractivity contribution < 1.29 is 19.4 Å². The van der Waals surface area contributed by atoms with Crippen molar-refractivity contribution in [2.24, 2.45) is 0 Å². The highest BCUT2D eigenvalue weighted by atomic mass is 16.5. The van der Waals surface area contributed by atoms with E-state index in [2.05, 4.69) is 4.98 Å². The van der Waals surface area contributed by atoms with E-state index in [1.54, 1.807) is 18.2 Å². The minimum absolute atomic E-state index is 0.0575. The van der Waals surface area contributed by atoms with E-state index in [-0.39, 0.29) is 17.9 Å². The van der Waals surface area contributed by atoms with Gasteiger partial charge in [0.05, 0.1) is 12.8 Å². The Balaban J connectivity index is 2.17. The molecule has 0 atom stereocenters. The van der Waals surface area contributed by atoms with Gasteiger partial charge in [0, 0.05) is 17.8 Å². The van der Waals surface area contributed by atoms with Crippen LogP contribution in [0.15, 0.2) is 36.4 Å². The van der Waals surface area contributed by atoms with Gasteiger partial charge in [-0.2, -0.15) is 0 Å².